The molecule has 0 bridgehead atoms. The largest absolute Gasteiger partial charge is 0.491 e. The highest BCUT2D eigenvalue weighted by Crippen LogP contribution is 2.37. The van der Waals surface area contributed by atoms with Gasteiger partial charge in [0.05, 0.1) is 22.1 Å². The lowest BCUT2D eigenvalue weighted by Crippen LogP contribution is -2.12. The van der Waals surface area contributed by atoms with Crippen LogP contribution in [0.3, 0.4) is 0 Å². The third-order valence-electron chi connectivity index (χ3n) is 3.67. The molecule has 1 N–H and O–H groups in total. The summed E-state index contributed by atoms with van der Waals surface area (Å²) in [5.74, 6) is 0.917. The maximum atomic E-state index is 6.35. The second kappa shape index (κ2) is 4.36. The van der Waals surface area contributed by atoms with Crippen LogP contribution in [0.2, 0.25) is 5.02 Å². The topological polar surface area (TPSA) is 29.9 Å². The number of benzene rings is 2. The van der Waals surface area contributed by atoms with E-state index in [0.29, 0.717) is 16.4 Å². The van der Waals surface area contributed by atoms with Gasteiger partial charge in [-0.2, -0.15) is 0 Å². The van der Waals surface area contributed by atoms with Crippen LogP contribution in [0.1, 0.15) is 11.6 Å². The van der Waals surface area contributed by atoms with Crippen LogP contribution in [0, 0.1) is 4.77 Å². The van der Waals surface area contributed by atoms with Crippen LogP contribution in [0.25, 0.3) is 11.0 Å². The van der Waals surface area contributed by atoms with Gasteiger partial charge in [0, 0.05) is 5.56 Å². The Bertz CT molecular complexity index is 868. The monoisotopic (exact) mass is 302 g/mol. The second-order valence-corrected chi connectivity index (χ2v) is 5.59. The number of H-pyrrole nitrogens is 1. The number of rotatable bonds is 1. The maximum absolute atomic E-state index is 6.35. The van der Waals surface area contributed by atoms with Gasteiger partial charge in [-0.05, 0) is 30.4 Å². The normalized spacial score (nSPS) is 17.1. The molecule has 0 saturated carbocycles. The van der Waals surface area contributed by atoms with Crippen molar-refractivity contribution < 1.29 is 4.74 Å². The number of nitrogens with zero attached hydrogens (tertiary/aromatic N) is 1. The SMILES string of the molecule is S=c1[nH]c2cccc(Cl)c2n1C1COc2ccccc21. The van der Waals surface area contributed by atoms with Crippen molar-refractivity contribution in [1.82, 2.24) is 9.55 Å². The van der Waals surface area contributed by atoms with Crippen molar-refractivity contribution >= 4 is 34.9 Å². The van der Waals surface area contributed by atoms with Gasteiger partial charge in [-0.25, -0.2) is 0 Å². The lowest BCUT2D eigenvalue weighted by Gasteiger charge is -2.13. The number of ether oxygens (including phenoxy) is 1. The molecule has 1 atom stereocenters. The number of para-hydroxylation sites is 2. The number of hydrogen-bond donors (Lipinski definition) is 1. The highest BCUT2D eigenvalue weighted by atomic mass is 35.5. The average molecular weight is 303 g/mol. The number of nitrogens with one attached hydrogen (secondary N) is 1. The highest BCUT2D eigenvalue weighted by Gasteiger charge is 2.27. The lowest BCUT2D eigenvalue weighted by molar-refractivity contribution is 0.318. The molecule has 0 radical (unpaired) electrons. The zero-order chi connectivity index (χ0) is 13.7. The Balaban J connectivity index is 2.01. The molecule has 3 aromatic rings. The fourth-order valence-electron chi connectivity index (χ4n) is 2.79. The van der Waals surface area contributed by atoms with Crippen LogP contribution < -0.4 is 4.74 Å². The first-order valence-electron chi connectivity index (χ1n) is 6.36. The van der Waals surface area contributed by atoms with Gasteiger partial charge in [0.25, 0.3) is 0 Å². The van der Waals surface area contributed by atoms with Gasteiger partial charge in [0.15, 0.2) is 4.77 Å². The van der Waals surface area contributed by atoms with Gasteiger partial charge >= 0.3 is 0 Å². The first kappa shape index (κ1) is 12.0. The molecule has 100 valence electrons. The zero-order valence-corrected chi connectivity index (χ0v) is 12.0. The lowest BCUT2D eigenvalue weighted by atomic mass is 10.1. The second-order valence-electron chi connectivity index (χ2n) is 4.80. The Morgan fingerprint density at radius 2 is 2.05 bits per heavy atom. The molecular weight excluding hydrogens is 292 g/mol. The molecule has 3 nitrogen and oxygen atoms in total. The Morgan fingerprint density at radius 1 is 1.20 bits per heavy atom. The number of halogens is 1. The van der Waals surface area contributed by atoms with E-state index >= 15 is 0 Å². The minimum absolute atomic E-state index is 0.0624. The molecule has 5 heteroatoms. The Kier molecular flexibility index (Phi) is 2.62. The van der Waals surface area contributed by atoms with Crippen LogP contribution >= 0.6 is 23.8 Å². The molecular formula is C15H11ClN2OS. The highest BCUT2D eigenvalue weighted by molar-refractivity contribution is 7.71. The number of aromatic nitrogens is 2. The molecule has 4 rings (SSSR count). The smallest absolute Gasteiger partial charge is 0.178 e. The third-order valence-corrected chi connectivity index (χ3v) is 4.28. The molecule has 0 amide bonds. The van der Waals surface area contributed by atoms with Crippen molar-refractivity contribution in [3.63, 3.8) is 0 Å². The fraction of sp³-hybridized carbons (Fsp3) is 0.133. The van der Waals surface area contributed by atoms with E-state index < -0.39 is 0 Å². The van der Waals surface area contributed by atoms with Crippen LogP contribution in [-0.4, -0.2) is 16.2 Å². The minimum atomic E-state index is 0.0624. The summed E-state index contributed by atoms with van der Waals surface area (Å²) in [6.07, 6.45) is 0. The maximum Gasteiger partial charge on any atom is 0.178 e. The van der Waals surface area contributed by atoms with E-state index in [1.54, 1.807) is 0 Å². The van der Waals surface area contributed by atoms with Gasteiger partial charge in [-0.15, -0.1) is 0 Å². The van der Waals surface area contributed by atoms with Crippen molar-refractivity contribution in [2.45, 2.75) is 6.04 Å². The van der Waals surface area contributed by atoms with E-state index in [4.69, 9.17) is 28.6 Å². The average Bonchev–Trinajstić information content (AvgIpc) is 3.00. The standard InChI is InChI=1S/C15H11ClN2OS/c16-10-5-3-6-11-14(10)18(15(20)17-11)12-8-19-13-7-2-1-4-9(12)13/h1-7,12H,8H2,(H,17,20). The molecule has 0 spiro atoms. The van der Waals surface area contributed by atoms with Gasteiger partial charge in [0.1, 0.15) is 12.4 Å². The van der Waals surface area contributed by atoms with Gasteiger partial charge in [0.2, 0.25) is 0 Å². The first-order valence-corrected chi connectivity index (χ1v) is 7.15. The molecule has 20 heavy (non-hydrogen) atoms. The quantitative estimate of drug-likeness (QED) is 0.678. The molecule has 0 saturated heterocycles. The van der Waals surface area contributed by atoms with Crippen molar-refractivity contribution in [2.24, 2.45) is 0 Å². The molecule has 0 aliphatic carbocycles. The van der Waals surface area contributed by atoms with E-state index in [1.807, 2.05) is 36.4 Å². The fourth-order valence-corrected chi connectivity index (χ4v) is 3.39. The third kappa shape index (κ3) is 1.62. The van der Waals surface area contributed by atoms with Crippen LogP contribution in [-0.2, 0) is 0 Å². The number of hydrogen-bond acceptors (Lipinski definition) is 2. The van der Waals surface area contributed by atoms with Crippen molar-refractivity contribution in [1.29, 1.82) is 0 Å². The van der Waals surface area contributed by atoms with Crippen molar-refractivity contribution in [3.05, 3.63) is 57.8 Å². The van der Waals surface area contributed by atoms with Crippen LogP contribution in [0.5, 0.6) is 5.75 Å². The zero-order valence-electron chi connectivity index (χ0n) is 10.5. The summed E-state index contributed by atoms with van der Waals surface area (Å²) in [4.78, 5) is 3.21. The van der Waals surface area contributed by atoms with E-state index in [0.717, 1.165) is 22.3 Å². The van der Waals surface area contributed by atoms with E-state index in [9.17, 15) is 0 Å². The minimum Gasteiger partial charge on any atom is -0.491 e. The molecule has 1 aliphatic rings. The Labute approximate surface area is 125 Å². The first-order chi connectivity index (χ1) is 9.75. The predicted molar refractivity (Wildman–Crippen MR) is 82.2 cm³/mol. The molecule has 1 aromatic heterocycles. The summed E-state index contributed by atoms with van der Waals surface area (Å²) in [5.41, 5.74) is 3.03. The van der Waals surface area contributed by atoms with E-state index in [1.165, 1.54) is 0 Å². The Morgan fingerprint density at radius 3 is 2.95 bits per heavy atom. The predicted octanol–water partition coefficient (Wildman–Crippen LogP) is 4.33. The van der Waals surface area contributed by atoms with Gasteiger partial charge in [-0.1, -0.05) is 35.9 Å². The summed E-state index contributed by atoms with van der Waals surface area (Å²) in [5, 5.41) is 0.694. The number of fused-ring (bicyclic) bond motifs is 2. The van der Waals surface area contributed by atoms with Crippen LogP contribution in [0.15, 0.2) is 42.5 Å². The number of aromatic amines is 1. The molecule has 0 fully saturated rings. The van der Waals surface area contributed by atoms with Crippen molar-refractivity contribution in [3.8, 4) is 5.75 Å². The summed E-state index contributed by atoms with van der Waals surface area (Å²) in [6, 6.07) is 13.9. The van der Waals surface area contributed by atoms with Crippen LogP contribution in [0.4, 0.5) is 0 Å². The van der Waals surface area contributed by atoms with Crippen molar-refractivity contribution in [2.75, 3.05) is 6.61 Å². The molecule has 1 unspecified atom stereocenters. The van der Waals surface area contributed by atoms with E-state index in [-0.39, 0.29) is 6.04 Å². The van der Waals surface area contributed by atoms with E-state index in [2.05, 4.69) is 15.6 Å². The molecule has 2 heterocycles. The molecule has 1 aliphatic heterocycles. The summed E-state index contributed by atoms with van der Waals surface area (Å²) >= 11 is 11.8. The summed E-state index contributed by atoms with van der Waals surface area (Å²) in [7, 11) is 0. The number of imidazole rings is 1. The molecule has 2 aromatic carbocycles. The summed E-state index contributed by atoms with van der Waals surface area (Å²) in [6.45, 7) is 0.575. The Hall–Kier alpha value is -1.78. The summed E-state index contributed by atoms with van der Waals surface area (Å²) < 4.78 is 8.47. The van der Waals surface area contributed by atoms with Gasteiger partial charge < -0.3 is 14.3 Å². The van der Waals surface area contributed by atoms with Gasteiger partial charge in [-0.3, -0.25) is 0 Å².